The summed E-state index contributed by atoms with van der Waals surface area (Å²) in [5, 5.41) is 3.72. The van der Waals surface area contributed by atoms with Crippen molar-refractivity contribution in [2.24, 2.45) is 5.41 Å². The fourth-order valence-corrected chi connectivity index (χ4v) is 2.47. The molecule has 0 bridgehead atoms. The molecule has 0 aromatic carbocycles. The van der Waals surface area contributed by atoms with Gasteiger partial charge in [-0.1, -0.05) is 20.8 Å². The summed E-state index contributed by atoms with van der Waals surface area (Å²) in [5.74, 6) is 0. The van der Waals surface area contributed by atoms with Gasteiger partial charge in [-0.15, -0.1) is 0 Å². The number of hydrogen-bond acceptors (Lipinski definition) is 2. The van der Waals surface area contributed by atoms with E-state index in [0.29, 0.717) is 23.6 Å². The largest absolute Gasteiger partial charge is 0.378 e. The molecule has 0 heterocycles. The van der Waals surface area contributed by atoms with Gasteiger partial charge in [0.05, 0.1) is 6.10 Å². The van der Waals surface area contributed by atoms with E-state index in [4.69, 9.17) is 4.74 Å². The summed E-state index contributed by atoms with van der Waals surface area (Å²) in [6.45, 7) is 12.1. The minimum atomic E-state index is 0.347. The first-order valence-corrected chi connectivity index (χ1v) is 6.46. The Morgan fingerprint density at radius 3 is 2.53 bits per heavy atom. The minimum Gasteiger partial charge on any atom is -0.378 e. The molecule has 15 heavy (non-hydrogen) atoms. The predicted molar refractivity (Wildman–Crippen MR) is 65.1 cm³/mol. The summed E-state index contributed by atoms with van der Waals surface area (Å²) in [6.07, 6.45) is 4.05. The second-order valence-electron chi connectivity index (χ2n) is 5.07. The molecule has 0 aliphatic heterocycles. The van der Waals surface area contributed by atoms with Crippen LogP contribution in [0.15, 0.2) is 0 Å². The molecule has 4 unspecified atom stereocenters. The number of ether oxygens (including phenoxy) is 1. The summed E-state index contributed by atoms with van der Waals surface area (Å²) in [7, 11) is 0. The van der Waals surface area contributed by atoms with E-state index in [-0.39, 0.29) is 0 Å². The topological polar surface area (TPSA) is 21.3 Å². The molecule has 1 rings (SSSR count). The minimum absolute atomic E-state index is 0.347. The highest BCUT2D eigenvalue weighted by Gasteiger charge is 2.50. The summed E-state index contributed by atoms with van der Waals surface area (Å²) in [6, 6.07) is 1.28. The van der Waals surface area contributed by atoms with Crippen LogP contribution in [0.25, 0.3) is 0 Å². The van der Waals surface area contributed by atoms with E-state index in [1.165, 1.54) is 19.3 Å². The third kappa shape index (κ3) is 2.54. The summed E-state index contributed by atoms with van der Waals surface area (Å²) >= 11 is 0. The van der Waals surface area contributed by atoms with Crippen LogP contribution in [-0.4, -0.2) is 24.8 Å². The van der Waals surface area contributed by atoms with Crippen molar-refractivity contribution in [3.8, 4) is 0 Å². The summed E-state index contributed by atoms with van der Waals surface area (Å²) < 4.78 is 5.79. The average Bonchev–Trinajstić information content (AvgIpc) is 2.26. The zero-order valence-electron chi connectivity index (χ0n) is 11.0. The van der Waals surface area contributed by atoms with Gasteiger partial charge in [0, 0.05) is 24.1 Å². The molecule has 0 saturated heterocycles. The maximum Gasteiger partial charge on any atom is 0.0658 e. The van der Waals surface area contributed by atoms with E-state index < -0.39 is 0 Å². The molecule has 0 aromatic heterocycles. The molecule has 2 nitrogen and oxygen atoms in total. The fourth-order valence-electron chi connectivity index (χ4n) is 2.47. The first kappa shape index (κ1) is 13.0. The molecule has 1 saturated carbocycles. The third-order valence-corrected chi connectivity index (χ3v) is 4.21. The van der Waals surface area contributed by atoms with Crippen LogP contribution in [0.4, 0.5) is 0 Å². The lowest BCUT2D eigenvalue weighted by Gasteiger charge is -2.54. The van der Waals surface area contributed by atoms with Crippen molar-refractivity contribution in [3.63, 3.8) is 0 Å². The van der Waals surface area contributed by atoms with Crippen molar-refractivity contribution in [3.05, 3.63) is 0 Å². The van der Waals surface area contributed by atoms with Gasteiger partial charge in [0.15, 0.2) is 0 Å². The Hall–Kier alpha value is -0.0800. The van der Waals surface area contributed by atoms with Crippen LogP contribution in [0.3, 0.4) is 0 Å². The molecular formula is C13H27NO. The lowest BCUT2D eigenvalue weighted by molar-refractivity contribution is -0.127. The van der Waals surface area contributed by atoms with Crippen LogP contribution in [-0.2, 0) is 4.74 Å². The Balaban J connectivity index is 2.49. The molecular weight excluding hydrogens is 186 g/mol. The van der Waals surface area contributed by atoms with Crippen molar-refractivity contribution in [2.75, 3.05) is 6.61 Å². The molecule has 1 aliphatic rings. The molecule has 0 radical (unpaired) electrons. The highest BCUT2D eigenvalue weighted by Crippen LogP contribution is 2.46. The SMILES string of the molecule is CCOC1CC(NC(C)CC)C1(C)CC. The van der Waals surface area contributed by atoms with Crippen LogP contribution in [0.2, 0.25) is 0 Å². The molecule has 1 aliphatic carbocycles. The van der Waals surface area contributed by atoms with Crippen molar-refractivity contribution in [2.45, 2.75) is 72.1 Å². The smallest absolute Gasteiger partial charge is 0.0658 e. The van der Waals surface area contributed by atoms with Gasteiger partial charge >= 0.3 is 0 Å². The van der Waals surface area contributed by atoms with Crippen LogP contribution >= 0.6 is 0 Å². The lowest BCUT2D eigenvalue weighted by Crippen LogP contribution is -2.63. The first-order valence-electron chi connectivity index (χ1n) is 6.46. The molecule has 0 aromatic rings. The second kappa shape index (κ2) is 5.31. The van der Waals surface area contributed by atoms with E-state index >= 15 is 0 Å². The average molecular weight is 213 g/mol. The zero-order valence-corrected chi connectivity index (χ0v) is 11.0. The van der Waals surface area contributed by atoms with Crippen molar-refractivity contribution >= 4 is 0 Å². The molecule has 90 valence electrons. The number of nitrogens with one attached hydrogen (secondary N) is 1. The highest BCUT2D eigenvalue weighted by atomic mass is 16.5. The van der Waals surface area contributed by atoms with E-state index in [9.17, 15) is 0 Å². The Morgan fingerprint density at radius 2 is 2.07 bits per heavy atom. The lowest BCUT2D eigenvalue weighted by atomic mass is 9.61. The first-order chi connectivity index (χ1) is 7.08. The van der Waals surface area contributed by atoms with Gasteiger partial charge in [0.25, 0.3) is 0 Å². The van der Waals surface area contributed by atoms with Crippen LogP contribution in [0, 0.1) is 5.41 Å². The molecule has 0 spiro atoms. The van der Waals surface area contributed by atoms with Gasteiger partial charge in [-0.05, 0) is 33.1 Å². The van der Waals surface area contributed by atoms with Gasteiger partial charge in [-0.2, -0.15) is 0 Å². The second-order valence-corrected chi connectivity index (χ2v) is 5.07. The quantitative estimate of drug-likeness (QED) is 0.732. The molecule has 1 fully saturated rings. The standard InChI is InChI=1S/C13H27NO/c1-6-10(4)14-11-9-12(15-8-3)13(11,5)7-2/h10-12,14H,6-9H2,1-5H3. The Bertz CT molecular complexity index is 195. The van der Waals surface area contributed by atoms with E-state index in [0.717, 1.165) is 6.61 Å². The van der Waals surface area contributed by atoms with E-state index in [2.05, 4.69) is 39.9 Å². The predicted octanol–water partition coefficient (Wildman–Crippen LogP) is 2.97. The zero-order chi connectivity index (χ0) is 11.5. The maximum atomic E-state index is 5.79. The molecule has 4 atom stereocenters. The van der Waals surface area contributed by atoms with Crippen LogP contribution in [0.5, 0.6) is 0 Å². The molecule has 1 N–H and O–H groups in total. The summed E-state index contributed by atoms with van der Waals surface area (Å²) in [4.78, 5) is 0. The van der Waals surface area contributed by atoms with Crippen molar-refractivity contribution in [1.82, 2.24) is 5.32 Å². The Labute approximate surface area is 94.8 Å². The highest BCUT2D eigenvalue weighted by molar-refractivity contribution is 5.05. The Kier molecular flexibility index (Phi) is 4.60. The maximum absolute atomic E-state index is 5.79. The van der Waals surface area contributed by atoms with Crippen LogP contribution in [0.1, 0.15) is 53.9 Å². The summed E-state index contributed by atoms with van der Waals surface area (Å²) in [5.41, 5.74) is 0.347. The monoisotopic (exact) mass is 213 g/mol. The van der Waals surface area contributed by atoms with Gasteiger partial charge < -0.3 is 10.1 Å². The number of hydrogen-bond donors (Lipinski definition) is 1. The van der Waals surface area contributed by atoms with Gasteiger partial charge in [-0.3, -0.25) is 0 Å². The van der Waals surface area contributed by atoms with Crippen molar-refractivity contribution < 1.29 is 4.74 Å². The molecule has 0 amide bonds. The van der Waals surface area contributed by atoms with Crippen LogP contribution < -0.4 is 5.32 Å². The van der Waals surface area contributed by atoms with Crippen molar-refractivity contribution in [1.29, 1.82) is 0 Å². The third-order valence-electron chi connectivity index (χ3n) is 4.21. The van der Waals surface area contributed by atoms with Gasteiger partial charge in [0.1, 0.15) is 0 Å². The fraction of sp³-hybridized carbons (Fsp3) is 1.00. The van der Waals surface area contributed by atoms with Gasteiger partial charge in [0.2, 0.25) is 0 Å². The van der Waals surface area contributed by atoms with Gasteiger partial charge in [-0.25, -0.2) is 0 Å². The number of rotatable bonds is 6. The normalized spacial score (nSPS) is 37.4. The Morgan fingerprint density at radius 1 is 1.40 bits per heavy atom. The van der Waals surface area contributed by atoms with E-state index in [1.54, 1.807) is 0 Å². The van der Waals surface area contributed by atoms with E-state index in [1.807, 2.05) is 0 Å². The molecule has 2 heteroatoms.